The maximum absolute atomic E-state index is 11.0. The number of benzene rings is 2. The summed E-state index contributed by atoms with van der Waals surface area (Å²) in [6, 6.07) is 15.8. The summed E-state index contributed by atoms with van der Waals surface area (Å²) in [6.45, 7) is 1.39. The summed E-state index contributed by atoms with van der Waals surface area (Å²) in [5.74, 6) is 0.190. The van der Waals surface area contributed by atoms with Gasteiger partial charge in [-0.25, -0.2) is 4.98 Å². The van der Waals surface area contributed by atoms with Gasteiger partial charge in [0.2, 0.25) is 0 Å². The van der Waals surface area contributed by atoms with Gasteiger partial charge in [-0.3, -0.25) is 9.69 Å². The smallest absolute Gasteiger partial charge is 0.307 e. The topological polar surface area (TPSA) is 58.4 Å². The van der Waals surface area contributed by atoms with Gasteiger partial charge in [-0.1, -0.05) is 36.4 Å². The number of carboxylic acids is 1. The summed E-state index contributed by atoms with van der Waals surface area (Å²) >= 11 is 0. The SMILES string of the molecule is CN(Cc1ccccc1CC(=O)O)Cc1nc2ccccc2n1C. The van der Waals surface area contributed by atoms with Crippen molar-refractivity contribution in [1.82, 2.24) is 14.5 Å². The Morgan fingerprint density at radius 2 is 1.75 bits per heavy atom. The van der Waals surface area contributed by atoms with Crippen molar-refractivity contribution in [2.24, 2.45) is 7.05 Å². The Hall–Kier alpha value is -2.66. The normalized spacial score (nSPS) is 11.3. The second-order valence-corrected chi connectivity index (χ2v) is 6.09. The number of imidazole rings is 1. The van der Waals surface area contributed by atoms with Gasteiger partial charge in [0.1, 0.15) is 5.82 Å². The molecule has 0 aliphatic heterocycles. The highest BCUT2D eigenvalue weighted by atomic mass is 16.4. The Labute approximate surface area is 141 Å². The van der Waals surface area contributed by atoms with E-state index in [0.29, 0.717) is 13.1 Å². The van der Waals surface area contributed by atoms with Crippen molar-refractivity contribution in [2.45, 2.75) is 19.5 Å². The zero-order chi connectivity index (χ0) is 17.1. The number of aliphatic carboxylic acids is 1. The van der Waals surface area contributed by atoms with Crippen LogP contribution in [0.2, 0.25) is 0 Å². The van der Waals surface area contributed by atoms with Crippen LogP contribution in [0.1, 0.15) is 17.0 Å². The highest BCUT2D eigenvalue weighted by molar-refractivity contribution is 5.75. The summed E-state index contributed by atoms with van der Waals surface area (Å²) < 4.78 is 2.11. The molecule has 0 unspecified atom stereocenters. The fourth-order valence-corrected chi connectivity index (χ4v) is 2.97. The van der Waals surface area contributed by atoms with Gasteiger partial charge in [0.15, 0.2) is 0 Å². The van der Waals surface area contributed by atoms with Gasteiger partial charge in [-0.2, -0.15) is 0 Å². The van der Waals surface area contributed by atoms with Crippen LogP contribution >= 0.6 is 0 Å². The highest BCUT2D eigenvalue weighted by Gasteiger charge is 2.12. The fraction of sp³-hybridized carbons (Fsp3) is 0.263. The van der Waals surface area contributed by atoms with Gasteiger partial charge in [0.05, 0.1) is 24.0 Å². The number of carboxylic acid groups (broad SMARTS) is 1. The van der Waals surface area contributed by atoms with Gasteiger partial charge in [-0.05, 0) is 30.3 Å². The second-order valence-electron chi connectivity index (χ2n) is 6.09. The van der Waals surface area contributed by atoms with E-state index in [1.807, 2.05) is 56.6 Å². The van der Waals surface area contributed by atoms with Crippen molar-refractivity contribution in [3.05, 3.63) is 65.5 Å². The molecule has 0 spiro atoms. The molecular formula is C19H21N3O2. The second kappa shape index (κ2) is 6.84. The van der Waals surface area contributed by atoms with E-state index in [1.54, 1.807) is 0 Å². The van der Waals surface area contributed by atoms with E-state index in [9.17, 15) is 4.79 Å². The number of fused-ring (bicyclic) bond motifs is 1. The molecule has 5 heteroatoms. The maximum atomic E-state index is 11.0. The number of rotatable bonds is 6. The molecule has 0 fully saturated rings. The van der Waals surface area contributed by atoms with E-state index in [0.717, 1.165) is 28.0 Å². The van der Waals surface area contributed by atoms with Crippen LogP contribution in [-0.2, 0) is 31.4 Å². The third-order valence-electron chi connectivity index (χ3n) is 4.19. The van der Waals surface area contributed by atoms with Crippen LogP contribution in [0.3, 0.4) is 0 Å². The average molecular weight is 323 g/mol. The lowest BCUT2D eigenvalue weighted by Gasteiger charge is -2.18. The Morgan fingerprint density at radius 3 is 2.46 bits per heavy atom. The van der Waals surface area contributed by atoms with E-state index in [-0.39, 0.29) is 6.42 Å². The molecule has 0 radical (unpaired) electrons. The lowest BCUT2D eigenvalue weighted by molar-refractivity contribution is -0.136. The quantitative estimate of drug-likeness (QED) is 0.758. The summed E-state index contributed by atoms with van der Waals surface area (Å²) in [4.78, 5) is 17.9. The van der Waals surface area contributed by atoms with Crippen molar-refractivity contribution in [3.8, 4) is 0 Å². The van der Waals surface area contributed by atoms with Crippen molar-refractivity contribution in [3.63, 3.8) is 0 Å². The molecule has 3 rings (SSSR count). The molecule has 1 aromatic heterocycles. The van der Waals surface area contributed by atoms with E-state index in [1.165, 1.54) is 0 Å². The van der Waals surface area contributed by atoms with Crippen LogP contribution in [0.25, 0.3) is 11.0 Å². The number of hydrogen-bond acceptors (Lipinski definition) is 3. The molecule has 24 heavy (non-hydrogen) atoms. The number of aryl methyl sites for hydroxylation is 1. The van der Waals surface area contributed by atoms with Crippen molar-refractivity contribution < 1.29 is 9.90 Å². The first-order valence-electron chi connectivity index (χ1n) is 7.92. The third-order valence-corrected chi connectivity index (χ3v) is 4.19. The lowest BCUT2D eigenvalue weighted by atomic mass is 10.0. The molecule has 1 N–H and O–H groups in total. The van der Waals surface area contributed by atoms with Crippen LogP contribution < -0.4 is 0 Å². The van der Waals surface area contributed by atoms with Gasteiger partial charge < -0.3 is 9.67 Å². The van der Waals surface area contributed by atoms with Gasteiger partial charge in [0.25, 0.3) is 0 Å². The lowest BCUT2D eigenvalue weighted by Crippen LogP contribution is -2.20. The molecule has 124 valence electrons. The van der Waals surface area contributed by atoms with Crippen LogP contribution in [0.15, 0.2) is 48.5 Å². The molecule has 1 heterocycles. The Kier molecular flexibility index (Phi) is 4.62. The molecule has 5 nitrogen and oxygen atoms in total. The number of aromatic nitrogens is 2. The van der Waals surface area contributed by atoms with Crippen molar-refractivity contribution >= 4 is 17.0 Å². The molecule has 0 aliphatic rings. The highest BCUT2D eigenvalue weighted by Crippen LogP contribution is 2.17. The summed E-state index contributed by atoms with van der Waals surface area (Å²) in [7, 11) is 4.05. The molecule has 0 saturated heterocycles. The first kappa shape index (κ1) is 16.2. The number of para-hydroxylation sites is 2. The average Bonchev–Trinajstić information content (AvgIpc) is 2.85. The number of nitrogens with zero attached hydrogens (tertiary/aromatic N) is 3. The molecule has 0 aliphatic carbocycles. The number of hydrogen-bond donors (Lipinski definition) is 1. The third kappa shape index (κ3) is 3.46. The molecule has 0 amide bonds. The zero-order valence-electron chi connectivity index (χ0n) is 13.9. The predicted octanol–water partition coefficient (Wildman–Crippen LogP) is 2.83. The minimum absolute atomic E-state index is 0.0519. The Balaban J connectivity index is 1.77. The van der Waals surface area contributed by atoms with E-state index in [4.69, 9.17) is 10.1 Å². The molecule has 3 aromatic rings. The first-order valence-corrected chi connectivity index (χ1v) is 7.92. The van der Waals surface area contributed by atoms with E-state index in [2.05, 4.69) is 15.5 Å². The van der Waals surface area contributed by atoms with Crippen LogP contribution in [0, 0.1) is 0 Å². The monoisotopic (exact) mass is 323 g/mol. The van der Waals surface area contributed by atoms with Crippen LogP contribution in [0.5, 0.6) is 0 Å². The van der Waals surface area contributed by atoms with E-state index < -0.39 is 5.97 Å². The molecule has 0 atom stereocenters. The van der Waals surface area contributed by atoms with Crippen molar-refractivity contribution in [1.29, 1.82) is 0 Å². The molecule has 2 aromatic carbocycles. The fourth-order valence-electron chi connectivity index (χ4n) is 2.97. The minimum atomic E-state index is -0.805. The Morgan fingerprint density at radius 1 is 1.08 bits per heavy atom. The largest absolute Gasteiger partial charge is 0.481 e. The zero-order valence-corrected chi connectivity index (χ0v) is 13.9. The minimum Gasteiger partial charge on any atom is -0.481 e. The molecule has 0 saturated carbocycles. The maximum Gasteiger partial charge on any atom is 0.307 e. The first-order chi connectivity index (χ1) is 11.5. The van der Waals surface area contributed by atoms with Crippen molar-refractivity contribution in [2.75, 3.05) is 7.05 Å². The summed E-state index contributed by atoms with van der Waals surface area (Å²) in [6.07, 6.45) is 0.0519. The van der Waals surface area contributed by atoms with Gasteiger partial charge in [0, 0.05) is 13.6 Å². The number of carbonyl (C=O) groups is 1. The van der Waals surface area contributed by atoms with E-state index >= 15 is 0 Å². The standard InChI is InChI=1S/C19H21N3O2/c1-21(12-15-8-4-3-7-14(15)11-19(23)24)13-18-20-16-9-5-6-10-17(16)22(18)2/h3-10H,11-13H2,1-2H3,(H,23,24). The van der Waals surface area contributed by atoms with Crippen LogP contribution in [-0.4, -0.2) is 32.6 Å². The molecule has 0 bridgehead atoms. The van der Waals surface area contributed by atoms with Gasteiger partial charge in [-0.15, -0.1) is 0 Å². The van der Waals surface area contributed by atoms with Crippen LogP contribution in [0.4, 0.5) is 0 Å². The predicted molar refractivity (Wildman–Crippen MR) is 93.7 cm³/mol. The Bertz CT molecular complexity index is 870. The summed E-state index contributed by atoms with van der Waals surface area (Å²) in [5, 5.41) is 9.05. The molecular weight excluding hydrogens is 302 g/mol. The van der Waals surface area contributed by atoms with Gasteiger partial charge >= 0.3 is 5.97 Å². The summed E-state index contributed by atoms with van der Waals surface area (Å²) in [5.41, 5.74) is 4.02.